The number of nitrogens with two attached hydrogens (primary N) is 1. The van der Waals surface area contributed by atoms with Gasteiger partial charge in [0.15, 0.2) is 0 Å². The molecular formula is C19H22BrN3O3. The molecule has 0 bridgehead atoms. The summed E-state index contributed by atoms with van der Waals surface area (Å²) in [6.45, 7) is 3.10. The zero-order valence-electron chi connectivity index (χ0n) is 14.5. The molecule has 26 heavy (non-hydrogen) atoms. The lowest BCUT2D eigenvalue weighted by atomic mass is 10.2. The van der Waals surface area contributed by atoms with Gasteiger partial charge >= 0.3 is 0 Å². The second-order valence-electron chi connectivity index (χ2n) is 5.98. The Kier molecular flexibility index (Phi) is 7.62. The molecule has 2 aromatic carbocycles. The van der Waals surface area contributed by atoms with Crippen LogP contribution in [0.15, 0.2) is 53.0 Å². The van der Waals surface area contributed by atoms with Gasteiger partial charge in [-0.3, -0.25) is 4.79 Å². The van der Waals surface area contributed by atoms with Crippen LogP contribution >= 0.6 is 15.9 Å². The number of carboxylic acid groups (broad SMARTS) is 1. The maximum absolute atomic E-state index is 12.1. The van der Waals surface area contributed by atoms with Crippen LogP contribution in [0.3, 0.4) is 0 Å². The highest BCUT2D eigenvalue weighted by Gasteiger charge is 2.18. The molecule has 0 aliphatic carbocycles. The number of carbonyl (C=O) groups is 2. The zero-order valence-corrected chi connectivity index (χ0v) is 16.1. The van der Waals surface area contributed by atoms with E-state index in [0.29, 0.717) is 18.8 Å². The van der Waals surface area contributed by atoms with Gasteiger partial charge in [0.1, 0.15) is 6.04 Å². The van der Waals surface area contributed by atoms with E-state index in [1.807, 2.05) is 37.3 Å². The molecule has 0 aliphatic heterocycles. The van der Waals surface area contributed by atoms with E-state index in [9.17, 15) is 14.7 Å². The van der Waals surface area contributed by atoms with Crippen molar-refractivity contribution in [1.29, 1.82) is 0 Å². The fourth-order valence-electron chi connectivity index (χ4n) is 2.48. The summed E-state index contributed by atoms with van der Waals surface area (Å²) in [6.07, 6.45) is -0.159. The first-order chi connectivity index (χ1) is 12.5. The van der Waals surface area contributed by atoms with Crippen molar-refractivity contribution in [2.24, 2.45) is 0 Å². The number of hydrogen-bond donors (Lipinski definition) is 3. The number of para-hydroxylation sites is 1. The van der Waals surface area contributed by atoms with Gasteiger partial charge in [-0.2, -0.15) is 0 Å². The van der Waals surface area contributed by atoms with Gasteiger partial charge in [-0.25, -0.2) is 0 Å². The molecule has 0 heterocycles. The highest BCUT2D eigenvalue weighted by Crippen LogP contribution is 2.21. The van der Waals surface area contributed by atoms with E-state index in [4.69, 9.17) is 0 Å². The summed E-state index contributed by atoms with van der Waals surface area (Å²) >= 11 is 3.34. The number of aliphatic carboxylic acids is 1. The second-order valence-corrected chi connectivity index (χ2v) is 6.83. The average molecular weight is 420 g/mol. The molecule has 0 saturated carbocycles. The Morgan fingerprint density at radius 2 is 1.96 bits per heavy atom. The number of aryl methyl sites for hydroxylation is 1. The molecule has 1 amide bonds. The third kappa shape index (κ3) is 6.50. The topological polar surface area (TPSA) is 97.9 Å². The maximum atomic E-state index is 12.1. The molecule has 0 aliphatic rings. The smallest absolute Gasteiger partial charge is 0.230 e. The number of rotatable bonds is 9. The van der Waals surface area contributed by atoms with Crippen LogP contribution in [0.5, 0.6) is 0 Å². The molecule has 138 valence electrons. The lowest BCUT2D eigenvalue weighted by molar-refractivity contribution is -0.680. The molecule has 2 aromatic rings. The van der Waals surface area contributed by atoms with Crippen LogP contribution in [0, 0.1) is 6.92 Å². The summed E-state index contributed by atoms with van der Waals surface area (Å²) < 4.78 is 0.740. The van der Waals surface area contributed by atoms with Crippen molar-refractivity contribution in [3.63, 3.8) is 0 Å². The number of benzene rings is 2. The molecule has 1 atom stereocenters. The lowest BCUT2D eigenvalue weighted by Gasteiger charge is -2.17. The van der Waals surface area contributed by atoms with Gasteiger partial charge in [0.25, 0.3) is 0 Å². The molecule has 6 nitrogen and oxygen atoms in total. The van der Waals surface area contributed by atoms with Crippen molar-refractivity contribution in [2.75, 3.05) is 23.7 Å². The van der Waals surface area contributed by atoms with Crippen LogP contribution < -0.4 is 21.1 Å². The predicted octanol–water partition coefficient (Wildman–Crippen LogP) is 0.880. The fourth-order valence-corrected chi connectivity index (χ4v) is 2.87. The monoisotopic (exact) mass is 419 g/mol. The number of halogens is 1. The van der Waals surface area contributed by atoms with Crippen molar-refractivity contribution < 1.29 is 20.0 Å². The SMILES string of the molecule is Cc1cccc(NCC[NH2+][C@H](CC(=O)Nc2ccccc2Br)C(=O)[O-])c1. The van der Waals surface area contributed by atoms with Gasteiger partial charge in [-0.15, -0.1) is 0 Å². The van der Waals surface area contributed by atoms with E-state index < -0.39 is 12.0 Å². The molecule has 0 saturated heterocycles. The standard InChI is InChI=1S/C19H22BrN3O3/c1-13-5-4-6-14(11-13)21-9-10-22-17(19(25)26)12-18(24)23-16-8-3-2-7-15(16)20/h2-8,11,17,21-22H,9-10,12H2,1H3,(H,23,24)(H,25,26)/t17-/m1/s1. The van der Waals surface area contributed by atoms with Gasteiger partial charge in [-0.1, -0.05) is 24.3 Å². The second kappa shape index (κ2) is 9.94. The molecule has 0 unspecified atom stereocenters. The van der Waals surface area contributed by atoms with E-state index in [1.165, 1.54) is 0 Å². The van der Waals surface area contributed by atoms with Gasteiger partial charge in [0.2, 0.25) is 5.91 Å². The Balaban J connectivity index is 1.80. The number of quaternary nitrogens is 1. The summed E-state index contributed by atoms with van der Waals surface area (Å²) in [5, 5.41) is 18.9. The van der Waals surface area contributed by atoms with E-state index >= 15 is 0 Å². The summed E-state index contributed by atoms with van der Waals surface area (Å²) in [5.41, 5.74) is 2.74. The molecule has 0 spiro atoms. The van der Waals surface area contributed by atoms with Crippen LogP contribution in [0.2, 0.25) is 0 Å². The van der Waals surface area contributed by atoms with Crippen molar-refractivity contribution in [1.82, 2.24) is 0 Å². The Morgan fingerprint density at radius 3 is 2.65 bits per heavy atom. The first-order valence-electron chi connectivity index (χ1n) is 8.35. The van der Waals surface area contributed by atoms with Crippen molar-refractivity contribution >= 4 is 39.2 Å². The fraction of sp³-hybridized carbons (Fsp3) is 0.263. The number of carboxylic acids is 1. The van der Waals surface area contributed by atoms with Gasteiger partial charge < -0.3 is 25.9 Å². The Labute approximate surface area is 161 Å². The Bertz CT molecular complexity index is 767. The van der Waals surface area contributed by atoms with E-state index in [-0.39, 0.29) is 12.3 Å². The normalized spacial score (nSPS) is 11.6. The van der Waals surface area contributed by atoms with Crippen molar-refractivity contribution in [3.8, 4) is 0 Å². The molecule has 7 heteroatoms. The minimum Gasteiger partial charge on any atom is -0.544 e. The van der Waals surface area contributed by atoms with Crippen LogP contribution in [0.4, 0.5) is 11.4 Å². The number of nitrogens with one attached hydrogen (secondary N) is 2. The minimum absolute atomic E-state index is 0.159. The summed E-state index contributed by atoms with van der Waals surface area (Å²) in [6, 6.07) is 14.2. The van der Waals surface area contributed by atoms with Gasteiger partial charge in [-0.05, 0) is 52.7 Å². The predicted molar refractivity (Wildman–Crippen MR) is 103 cm³/mol. The van der Waals surface area contributed by atoms with Crippen LogP contribution in [-0.2, 0) is 9.59 Å². The minimum atomic E-state index is -1.25. The first-order valence-corrected chi connectivity index (χ1v) is 9.14. The molecule has 0 radical (unpaired) electrons. The molecule has 4 N–H and O–H groups in total. The first kappa shape index (κ1) is 19.9. The van der Waals surface area contributed by atoms with Crippen molar-refractivity contribution in [2.45, 2.75) is 19.4 Å². The Hall–Kier alpha value is -2.38. The van der Waals surface area contributed by atoms with Gasteiger partial charge in [0, 0.05) is 10.2 Å². The molecule has 2 rings (SSSR count). The summed E-state index contributed by atoms with van der Waals surface area (Å²) in [5.74, 6) is -1.61. The maximum Gasteiger partial charge on any atom is 0.230 e. The van der Waals surface area contributed by atoms with Crippen LogP contribution in [0.1, 0.15) is 12.0 Å². The van der Waals surface area contributed by atoms with E-state index in [2.05, 4.69) is 26.6 Å². The summed E-state index contributed by atoms with van der Waals surface area (Å²) in [4.78, 5) is 23.4. The zero-order chi connectivity index (χ0) is 18.9. The summed E-state index contributed by atoms with van der Waals surface area (Å²) in [7, 11) is 0. The quantitative estimate of drug-likeness (QED) is 0.525. The van der Waals surface area contributed by atoms with Crippen LogP contribution in [-0.4, -0.2) is 31.0 Å². The number of amides is 1. The molecular weight excluding hydrogens is 398 g/mol. The Morgan fingerprint density at radius 1 is 1.19 bits per heavy atom. The molecule has 0 fully saturated rings. The van der Waals surface area contributed by atoms with E-state index in [1.54, 1.807) is 23.5 Å². The third-order valence-electron chi connectivity index (χ3n) is 3.80. The van der Waals surface area contributed by atoms with Gasteiger partial charge in [0.05, 0.1) is 31.2 Å². The molecule has 0 aromatic heterocycles. The number of carbonyl (C=O) groups excluding carboxylic acids is 2. The number of hydrogen-bond acceptors (Lipinski definition) is 4. The van der Waals surface area contributed by atoms with Crippen molar-refractivity contribution in [3.05, 3.63) is 58.6 Å². The number of anilines is 2. The largest absolute Gasteiger partial charge is 0.544 e. The van der Waals surface area contributed by atoms with Crippen LogP contribution in [0.25, 0.3) is 0 Å². The highest BCUT2D eigenvalue weighted by atomic mass is 79.9. The average Bonchev–Trinajstić information content (AvgIpc) is 2.59. The third-order valence-corrected chi connectivity index (χ3v) is 4.49. The lowest BCUT2D eigenvalue weighted by Crippen LogP contribution is -2.94. The highest BCUT2D eigenvalue weighted by molar-refractivity contribution is 9.10. The van der Waals surface area contributed by atoms with E-state index in [0.717, 1.165) is 15.7 Å².